The molecule has 0 fully saturated rings. The Kier molecular flexibility index (Phi) is 5.42. The summed E-state index contributed by atoms with van der Waals surface area (Å²) in [5, 5.41) is 11.1. The van der Waals surface area contributed by atoms with Gasteiger partial charge in [0.05, 0.1) is 13.3 Å². The summed E-state index contributed by atoms with van der Waals surface area (Å²) in [6.07, 6.45) is 1.22. The van der Waals surface area contributed by atoms with Crippen LogP contribution in [0.4, 0.5) is 0 Å². The van der Waals surface area contributed by atoms with Gasteiger partial charge in [0.15, 0.2) is 0 Å². The highest BCUT2D eigenvalue weighted by Crippen LogP contribution is 1.76. The highest BCUT2D eigenvalue weighted by Gasteiger charge is 1.97. The first kappa shape index (κ1) is 10.1. The SMILES string of the molecule is C=CC(=O)NCN(C)CCO. The zero-order valence-corrected chi connectivity index (χ0v) is 6.71. The Hall–Kier alpha value is -0.870. The van der Waals surface area contributed by atoms with E-state index in [2.05, 4.69) is 11.9 Å². The van der Waals surface area contributed by atoms with Crippen molar-refractivity contribution in [3.63, 3.8) is 0 Å². The number of aliphatic hydroxyl groups excluding tert-OH is 1. The van der Waals surface area contributed by atoms with E-state index in [1.54, 1.807) is 11.9 Å². The molecular weight excluding hydrogens is 144 g/mol. The maximum atomic E-state index is 10.6. The average Bonchev–Trinajstić information content (AvgIpc) is 2.01. The van der Waals surface area contributed by atoms with Gasteiger partial charge in [-0.3, -0.25) is 9.69 Å². The second kappa shape index (κ2) is 5.88. The number of likely N-dealkylation sites (N-methyl/N-ethyl adjacent to an activating group) is 1. The summed E-state index contributed by atoms with van der Waals surface area (Å²) in [6.45, 7) is 4.39. The molecule has 0 rings (SSSR count). The maximum absolute atomic E-state index is 10.6. The van der Waals surface area contributed by atoms with Crippen LogP contribution in [0.2, 0.25) is 0 Å². The van der Waals surface area contributed by atoms with Crippen molar-refractivity contribution in [3.05, 3.63) is 12.7 Å². The smallest absolute Gasteiger partial charge is 0.244 e. The Labute approximate surface area is 66.5 Å². The molecule has 4 nitrogen and oxygen atoms in total. The van der Waals surface area contributed by atoms with Gasteiger partial charge >= 0.3 is 0 Å². The lowest BCUT2D eigenvalue weighted by Crippen LogP contribution is -2.35. The second-order valence-corrected chi connectivity index (χ2v) is 2.21. The summed E-state index contributed by atoms with van der Waals surface area (Å²) in [4.78, 5) is 12.4. The molecular formula is C7H14N2O2. The molecule has 0 heterocycles. The molecule has 0 aliphatic rings. The molecule has 2 N–H and O–H groups in total. The van der Waals surface area contributed by atoms with Crippen LogP contribution in [-0.2, 0) is 4.79 Å². The van der Waals surface area contributed by atoms with E-state index in [0.717, 1.165) is 0 Å². The summed E-state index contributed by atoms with van der Waals surface area (Å²) >= 11 is 0. The number of nitrogens with one attached hydrogen (secondary N) is 1. The lowest BCUT2D eigenvalue weighted by Gasteiger charge is -2.14. The zero-order valence-electron chi connectivity index (χ0n) is 6.71. The van der Waals surface area contributed by atoms with Crippen molar-refractivity contribution in [2.75, 3.05) is 26.9 Å². The first-order valence-electron chi connectivity index (χ1n) is 3.40. The highest BCUT2D eigenvalue weighted by molar-refractivity contribution is 5.86. The molecule has 0 spiro atoms. The number of carbonyl (C=O) groups excluding carboxylic acids is 1. The van der Waals surface area contributed by atoms with Gasteiger partial charge in [-0.1, -0.05) is 6.58 Å². The van der Waals surface area contributed by atoms with Crippen molar-refractivity contribution in [2.45, 2.75) is 0 Å². The predicted molar refractivity (Wildman–Crippen MR) is 42.9 cm³/mol. The number of hydrogen-bond acceptors (Lipinski definition) is 3. The van der Waals surface area contributed by atoms with Crippen LogP contribution in [0.15, 0.2) is 12.7 Å². The lowest BCUT2D eigenvalue weighted by molar-refractivity contribution is -0.117. The van der Waals surface area contributed by atoms with Gasteiger partial charge in [-0.2, -0.15) is 0 Å². The second-order valence-electron chi connectivity index (χ2n) is 2.21. The summed E-state index contributed by atoms with van der Waals surface area (Å²) < 4.78 is 0. The molecule has 0 saturated carbocycles. The Balaban J connectivity index is 3.37. The minimum absolute atomic E-state index is 0.0977. The fourth-order valence-corrected chi connectivity index (χ4v) is 0.535. The summed E-state index contributed by atoms with van der Waals surface area (Å²) in [6, 6.07) is 0. The molecule has 1 amide bonds. The molecule has 0 atom stereocenters. The van der Waals surface area contributed by atoms with Crippen LogP contribution in [0, 0.1) is 0 Å². The quantitative estimate of drug-likeness (QED) is 0.405. The van der Waals surface area contributed by atoms with Gasteiger partial charge in [-0.05, 0) is 13.1 Å². The standard InChI is InChI=1S/C7H14N2O2/c1-3-7(11)8-6-9(2)4-5-10/h3,10H,1,4-6H2,2H3,(H,8,11). The fraction of sp³-hybridized carbons (Fsp3) is 0.571. The van der Waals surface area contributed by atoms with Crippen LogP contribution in [0.1, 0.15) is 0 Å². The van der Waals surface area contributed by atoms with Gasteiger partial charge in [0.25, 0.3) is 0 Å². The molecule has 0 unspecified atom stereocenters. The van der Waals surface area contributed by atoms with Crippen molar-refractivity contribution in [1.29, 1.82) is 0 Å². The van der Waals surface area contributed by atoms with Gasteiger partial charge in [0, 0.05) is 6.54 Å². The number of amides is 1. The Bertz CT molecular complexity index is 136. The van der Waals surface area contributed by atoms with Gasteiger partial charge in [-0.15, -0.1) is 0 Å². The van der Waals surface area contributed by atoms with E-state index < -0.39 is 0 Å². The molecule has 0 saturated heterocycles. The van der Waals surface area contributed by atoms with E-state index in [4.69, 9.17) is 5.11 Å². The van der Waals surface area contributed by atoms with E-state index in [9.17, 15) is 4.79 Å². The monoisotopic (exact) mass is 158 g/mol. The number of nitrogens with zero attached hydrogens (tertiary/aromatic N) is 1. The van der Waals surface area contributed by atoms with Crippen LogP contribution in [0.25, 0.3) is 0 Å². The first-order valence-corrected chi connectivity index (χ1v) is 3.40. The normalized spacial score (nSPS) is 9.73. The summed E-state index contributed by atoms with van der Waals surface area (Å²) in [5.74, 6) is -0.199. The van der Waals surface area contributed by atoms with Gasteiger partial charge in [0.1, 0.15) is 0 Å². The molecule has 11 heavy (non-hydrogen) atoms. The third-order valence-corrected chi connectivity index (χ3v) is 1.19. The number of carbonyl (C=O) groups is 1. The van der Waals surface area contributed by atoms with Gasteiger partial charge in [-0.25, -0.2) is 0 Å². The molecule has 64 valence electrons. The molecule has 0 aromatic carbocycles. The predicted octanol–water partition coefficient (Wildman–Crippen LogP) is -0.830. The highest BCUT2D eigenvalue weighted by atomic mass is 16.3. The number of aliphatic hydroxyl groups is 1. The van der Waals surface area contributed by atoms with E-state index in [1.165, 1.54) is 6.08 Å². The number of rotatable bonds is 5. The van der Waals surface area contributed by atoms with Crippen molar-refractivity contribution in [3.8, 4) is 0 Å². The van der Waals surface area contributed by atoms with E-state index in [-0.39, 0.29) is 12.5 Å². The Morgan fingerprint density at radius 2 is 2.45 bits per heavy atom. The van der Waals surface area contributed by atoms with Gasteiger partial charge in [0.2, 0.25) is 5.91 Å². The summed E-state index contributed by atoms with van der Waals surface area (Å²) in [7, 11) is 1.81. The third-order valence-electron chi connectivity index (χ3n) is 1.19. The van der Waals surface area contributed by atoms with Crippen LogP contribution >= 0.6 is 0 Å². The zero-order chi connectivity index (χ0) is 8.69. The topological polar surface area (TPSA) is 52.6 Å². The molecule has 0 aliphatic heterocycles. The van der Waals surface area contributed by atoms with Crippen molar-refractivity contribution in [1.82, 2.24) is 10.2 Å². The minimum Gasteiger partial charge on any atom is -0.395 e. The molecule has 0 radical (unpaired) electrons. The van der Waals surface area contributed by atoms with Crippen molar-refractivity contribution in [2.24, 2.45) is 0 Å². The Morgan fingerprint density at radius 1 is 1.82 bits per heavy atom. The molecule has 0 bridgehead atoms. The van der Waals surface area contributed by atoms with Crippen LogP contribution in [0.5, 0.6) is 0 Å². The largest absolute Gasteiger partial charge is 0.395 e. The molecule has 0 aliphatic carbocycles. The molecule has 4 heteroatoms. The minimum atomic E-state index is -0.199. The van der Waals surface area contributed by atoms with E-state index >= 15 is 0 Å². The fourth-order valence-electron chi connectivity index (χ4n) is 0.535. The maximum Gasteiger partial charge on any atom is 0.244 e. The third kappa shape index (κ3) is 5.57. The van der Waals surface area contributed by atoms with Crippen LogP contribution in [-0.4, -0.2) is 42.8 Å². The van der Waals surface area contributed by atoms with Crippen molar-refractivity contribution < 1.29 is 9.90 Å². The van der Waals surface area contributed by atoms with Crippen LogP contribution < -0.4 is 5.32 Å². The first-order chi connectivity index (χ1) is 5.20. The molecule has 0 aromatic rings. The van der Waals surface area contributed by atoms with E-state index in [0.29, 0.717) is 13.2 Å². The van der Waals surface area contributed by atoms with Crippen LogP contribution in [0.3, 0.4) is 0 Å². The summed E-state index contributed by atoms with van der Waals surface area (Å²) in [5.41, 5.74) is 0. The Morgan fingerprint density at radius 3 is 2.91 bits per heavy atom. The number of hydrogen-bond donors (Lipinski definition) is 2. The molecule has 0 aromatic heterocycles. The average molecular weight is 158 g/mol. The van der Waals surface area contributed by atoms with Gasteiger partial charge < -0.3 is 10.4 Å². The van der Waals surface area contributed by atoms with E-state index in [1.807, 2.05) is 0 Å². The van der Waals surface area contributed by atoms with Crippen molar-refractivity contribution >= 4 is 5.91 Å². The lowest BCUT2D eigenvalue weighted by atomic mass is 10.5.